The lowest BCUT2D eigenvalue weighted by molar-refractivity contribution is 0.0949. The minimum atomic E-state index is -0.403. The van der Waals surface area contributed by atoms with E-state index in [-0.39, 0.29) is 23.0 Å². The lowest BCUT2D eigenvalue weighted by Gasteiger charge is -2.29. The third kappa shape index (κ3) is 4.87. The Balaban J connectivity index is 1.60. The Kier molecular flexibility index (Phi) is 6.95. The van der Waals surface area contributed by atoms with Gasteiger partial charge in [-0.05, 0) is 53.3 Å². The number of aryl methyl sites for hydroxylation is 1. The van der Waals surface area contributed by atoms with Crippen molar-refractivity contribution >= 4 is 40.2 Å². The van der Waals surface area contributed by atoms with Crippen LogP contribution in [0.1, 0.15) is 44.4 Å². The number of benzene rings is 3. The normalized spacial score (nSPS) is 14.7. The maximum absolute atomic E-state index is 13.6. The fourth-order valence-corrected chi connectivity index (χ4v) is 5.89. The van der Waals surface area contributed by atoms with Crippen molar-refractivity contribution in [1.82, 2.24) is 9.88 Å². The van der Waals surface area contributed by atoms with Crippen LogP contribution in [0.2, 0.25) is 5.02 Å². The Labute approximate surface area is 212 Å². The van der Waals surface area contributed by atoms with Gasteiger partial charge in [0.1, 0.15) is 10.9 Å². The number of rotatable bonds is 7. The summed E-state index contributed by atoms with van der Waals surface area (Å²) in [5.74, 6) is 0.366. The molecular weight excluding hydrogens is 480 g/mol. The number of hydrogen-bond donors (Lipinski definition) is 2. The van der Waals surface area contributed by atoms with Crippen molar-refractivity contribution in [3.63, 3.8) is 0 Å². The molecule has 178 valence electrons. The highest BCUT2D eigenvalue weighted by molar-refractivity contribution is 7.98. The molecule has 4 aromatic rings. The molecule has 5 rings (SSSR count). The second-order valence-corrected chi connectivity index (χ2v) is 10.1. The number of aliphatic hydroxyl groups is 1. The first-order valence-electron chi connectivity index (χ1n) is 11.6. The third-order valence-corrected chi connectivity index (χ3v) is 7.78. The van der Waals surface area contributed by atoms with Crippen molar-refractivity contribution in [3.8, 4) is 0 Å². The smallest absolute Gasteiger partial charge is 0.257 e. The maximum atomic E-state index is 13.6. The molecule has 0 spiro atoms. The Morgan fingerprint density at radius 3 is 2.60 bits per heavy atom. The molecule has 5 nitrogen and oxygen atoms in total. The molecular formula is C28H25ClN2O3S. The minimum Gasteiger partial charge on any atom is -0.396 e. The number of halogens is 1. The quantitative estimate of drug-likeness (QED) is 0.358. The molecule has 0 radical (unpaired) electrons. The predicted octanol–water partition coefficient (Wildman–Crippen LogP) is 5.30. The van der Waals surface area contributed by atoms with E-state index in [9.17, 15) is 14.7 Å². The van der Waals surface area contributed by atoms with Crippen LogP contribution in [0.5, 0.6) is 0 Å². The van der Waals surface area contributed by atoms with Gasteiger partial charge in [-0.15, -0.1) is 11.8 Å². The van der Waals surface area contributed by atoms with E-state index in [0.29, 0.717) is 29.8 Å². The van der Waals surface area contributed by atoms with Crippen molar-refractivity contribution in [2.75, 3.05) is 6.61 Å². The highest BCUT2D eigenvalue weighted by Crippen LogP contribution is 2.41. The molecule has 2 N–H and O–H groups in total. The van der Waals surface area contributed by atoms with E-state index in [1.165, 1.54) is 0 Å². The molecule has 1 atom stereocenters. The van der Waals surface area contributed by atoms with Crippen molar-refractivity contribution in [1.29, 1.82) is 0 Å². The summed E-state index contributed by atoms with van der Waals surface area (Å²) in [6, 6.07) is 21.4. The highest BCUT2D eigenvalue weighted by atomic mass is 35.5. The van der Waals surface area contributed by atoms with Gasteiger partial charge in [0.15, 0.2) is 0 Å². The number of nitrogens with one attached hydrogen (secondary N) is 1. The monoisotopic (exact) mass is 504 g/mol. The molecule has 3 aromatic carbocycles. The average Bonchev–Trinajstić information content (AvgIpc) is 2.89. The molecule has 1 amide bonds. The topological polar surface area (TPSA) is 71.3 Å². The molecule has 1 aliphatic rings. The van der Waals surface area contributed by atoms with E-state index in [4.69, 9.17) is 11.6 Å². The van der Waals surface area contributed by atoms with Crippen molar-refractivity contribution < 1.29 is 9.90 Å². The van der Waals surface area contributed by atoms with Gasteiger partial charge >= 0.3 is 0 Å². The number of aromatic nitrogens is 1. The zero-order valence-corrected chi connectivity index (χ0v) is 20.6. The van der Waals surface area contributed by atoms with E-state index < -0.39 is 5.91 Å². The van der Waals surface area contributed by atoms with Gasteiger partial charge in [0.05, 0.1) is 5.52 Å². The molecule has 0 saturated heterocycles. The first-order chi connectivity index (χ1) is 17.0. The van der Waals surface area contributed by atoms with Gasteiger partial charge in [-0.2, -0.15) is 0 Å². The third-order valence-electron chi connectivity index (χ3n) is 6.23. The van der Waals surface area contributed by atoms with Crippen molar-refractivity contribution in [3.05, 3.63) is 116 Å². The molecule has 0 fully saturated rings. The van der Waals surface area contributed by atoms with Crippen LogP contribution in [0.4, 0.5) is 0 Å². The summed E-state index contributed by atoms with van der Waals surface area (Å²) >= 11 is 7.73. The summed E-state index contributed by atoms with van der Waals surface area (Å²) in [6.45, 7) is 0.391. The van der Waals surface area contributed by atoms with Crippen molar-refractivity contribution in [2.24, 2.45) is 0 Å². The summed E-state index contributed by atoms with van der Waals surface area (Å²) in [4.78, 5) is 26.8. The van der Waals surface area contributed by atoms with Gasteiger partial charge in [-0.1, -0.05) is 60.1 Å². The molecule has 0 bridgehead atoms. The number of hydrogen-bond acceptors (Lipinski definition) is 4. The minimum absolute atomic E-state index is 0.0436. The van der Waals surface area contributed by atoms with Crippen molar-refractivity contribution in [2.45, 2.75) is 30.5 Å². The van der Waals surface area contributed by atoms with E-state index >= 15 is 0 Å². The van der Waals surface area contributed by atoms with Crippen LogP contribution in [0, 0.1) is 0 Å². The fraction of sp³-hybridized carbons (Fsp3) is 0.214. The molecule has 0 saturated carbocycles. The second-order valence-electron chi connectivity index (χ2n) is 8.64. The van der Waals surface area contributed by atoms with Gasteiger partial charge < -0.3 is 15.0 Å². The lowest BCUT2D eigenvalue weighted by Crippen LogP contribution is -2.31. The first kappa shape index (κ1) is 23.7. The molecule has 1 unspecified atom stereocenters. The fourth-order valence-electron chi connectivity index (χ4n) is 4.53. The van der Waals surface area contributed by atoms with Crippen LogP contribution < -0.4 is 10.7 Å². The average molecular weight is 505 g/mol. The Hall–Kier alpha value is -3.06. The van der Waals surface area contributed by atoms with Crippen LogP contribution in [0.15, 0.2) is 77.7 Å². The number of carbonyl (C=O) groups is 1. The Morgan fingerprint density at radius 2 is 1.86 bits per heavy atom. The van der Waals surface area contributed by atoms with Crippen LogP contribution in [-0.2, 0) is 18.7 Å². The standard InChI is InChI=1S/C28H25ClN2O3S/c29-22-10-8-18(9-11-22)15-30-27(34)24-16-31-25-21(17-35-28(31)20-6-2-1-3-7-20)13-19(5-4-12-32)14-23(25)26(24)33/h1-3,6-11,13-14,16,28,32H,4-5,12,15,17H2,(H,30,34). The zero-order valence-electron chi connectivity index (χ0n) is 19.0. The molecule has 0 aliphatic carbocycles. The molecule has 1 aliphatic heterocycles. The van der Waals surface area contributed by atoms with Gasteiger partial charge in [0.2, 0.25) is 5.43 Å². The summed E-state index contributed by atoms with van der Waals surface area (Å²) < 4.78 is 2.07. The van der Waals surface area contributed by atoms with E-state index in [1.54, 1.807) is 30.1 Å². The molecule has 1 aromatic heterocycles. The van der Waals surface area contributed by atoms with E-state index in [1.807, 2.05) is 36.4 Å². The summed E-state index contributed by atoms with van der Waals surface area (Å²) in [5.41, 5.74) is 4.84. The number of thioether (sulfide) groups is 1. The number of pyridine rings is 1. The van der Waals surface area contributed by atoms with E-state index in [0.717, 1.165) is 33.5 Å². The number of nitrogens with zero attached hydrogens (tertiary/aromatic N) is 1. The van der Waals surface area contributed by atoms with Gasteiger partial charge in [0.25, 0.3) is 5.91 Å². The second kappa shape index (κ2) is 10.3. The largest absolute Gasteiger partial charge is 0.396 e. The lowest BCUT2D eigenvalue weighted by atomic mass is 10.00. The summed E-state index contributed by atoms with van der Waals surface area (Å²) in [7, 11) is 0. The van der Waals surface area contributed by atoms with Crippen LogP contribution in [-0.4, -0.2) is 22.2 Å². The summed E-state index contributed by atoms with van der Waals surface area (Å²) in [5, 5.41) is 13.3. The number of amides is 1. The van der Waals surface area contributed by atoms with Crippen LogP contribution in [0.3, 0.4) is 0 Å². The first-order valence-corrected chi connectivity index (χ1v) is 13.0. The zero-order chi connectivity index (χ0) is 24.4. The molecule has 2 heterocycles. The summed E-state index contributed by atoms with van der Waals surface area (Å²) in [6.07, 6.45) is 3.02. The maximum Gasteiger partial charge on any atom is 0.257 e. The Bertz CT molecular complexity index is 1440. The number of carbonyl (C=O) groups excluding carboxylic acids is 1. The predicted molar refractivity (Wildman–Crippen MR) is 142 cm³/mol. The van der Waals surface area contributed by atoms with Gasteiger partial charge in [0, 0.05) is 35.5 Å². The highest BCUT2D eigenvalue weighted by Gasteiger charge is 2.27. The van der Waals surface area contributed by atoms with Crippen LogP contribution >= 0.6 is 23.4 Å². The Morgan fingerprint density at radius 1 is 1.09 bits per heavy atom. The van der Waals surface area contributed by atoms with Crippen LogP contribution in [0.25, 0.3) is 10.9 Å². The van der Waals surface area contributed by atoms with E-state index in [2.05, 4.69) is 28.1 Å². The SMILES string of the molecule is O=C(NCc1ccc(Cl)cc1)c1cn2c3c(cc(CCCO)cc3c1=O)CSC2c1ccccc1. The molecule has 7 heteroatoms. The number of aliphatic hydroxyl groups excluding tert-OH is 1. The molecule has 35 heavy (non-hydrogen) atoms. The van der Waals surface area contributed by atoms with Gasteiger partial charge in [-0.25, -0.2) is 0 Å². The van der Waals surface area contributed by atoms with Gasteiger partial charge in [-0.3, -0.25) is 9.59 Å².